The zero-order valence-electron chi connectivity index (χ0n) is 15.7. The van der Waals surface area contributed by atoms with Gasteiger partial charge in [0.25, 0.3) is 0 Å². The SMILES string of the molecule is I[C@H]1CC[C@@H](Nc2cc(N3CCOCC3)cc3c2CCCCCN3)CC1. The minimum Gasteiger partial charge on any atom is -0.385 e. The fraction of sp³-hybridized carbons (Fsp3) is 0.714. The minimum absolute atomic E-state index is 0.635. The summed E-state index contributed by atoms with van der Waals surface area (Å²) in [5.41, 5.74) is 5.61. The lowest BCUT2D eigenvalue weighted by Crippen LogP contribution is -2.36. The van der Waals surface area contributed by atoms with Crippen LogP contribution < -0.4 is 15.5 Å². The summed E-state index contributed by atoms with van der Waals surface area (Å²) in [7, 11) is 0. The van der Waals surface area contributed by atoms with Crippen molar-refractivity contribution in [1.82, 2.24) is 0 Å². The number of nitrogens with zero attached hydrogens (tertiary/aromatic N) is 1. The van der Waals surface area contributed by atoms with Crippen molar-refractivity contribution in [1.29, 1.82) is 0 Å². The first-order chi connectivity index (χ1) is 12.8. The third kappa shape index (κ3) is 4.58. The number of morpholine rings is 1. The quantitative estimate of drug-likeness (QED) is 0.492. The lowest BCUT2D eigenvalue weighted by molar-refractivity contribution is 0.122. The number of fused-ring (bicyclic) bond motifs is 1. The molecule has 0 amide bonds. The van der Waals surface area contributed by atoms with E-state index >= 15 is 0 Å². The van der Waals surface area contributed by atoms with Gasteiger partial charge >= 0.3 is 0 Å². The van der Waals surface area contributed by atoms with Gasteiger partial charge in [0.05, 0.1) is 13.2 Å². The highest BCUT2D eigenvalue weighted by atomic mass is 127. The highest BCUT2D eigenvalue weighted by Crippen LogP contribution is 2.36. The van der Waals surface area contributed by atoms with Crippen LogP contribution in [0.1, 0.15) is 50.5 Å². The topological polar surface area (TPSA) is 36.5 Å². The summed E-state index contributed by atoms with van der Waals surface area (Å²) in [6, 6.07) is 5.44. The molecule has 0 atom stereocenters. The van der Waals surface area contributed by atoms with Crippen LogP contribution in [0.4, 0.5) is 17.1 Å². The largest absolute Gasteiger partial charge is 0.385 e. The maximum Gasteiger partial charge on any atom is 0.0642 e. The predicted molar refractivity (Wildman–Crippen MR) is 119 cm³/mol. The number of anilines is 3. The van der Waals surface area contributed by atoms with E-state index in [1.165, 1.54) is 74.0 Å². The molecule has 1 aromatic rings. The van der Waals surface area contributed by atoms with Crippen molar-refractivity contribution >= 4 is 39.7 Å². The predicted octanol–water partition coefficient (Wildman–Crippen LogP) is 4.82. The van der Waals surface area contributed by atoms with Gasteiger partial charge in [-0.2, -0.15) is 0 Å². The van der Waals surface area contributed by atoms with Crippen molar-refractivity contribution in [2.45, 2.75) is 61.3 Å². The summed E-state index contributed by atoms with van der Waals surface area (Å²) in [6.45, 7) is 4.77. The summed E-state index contributed by atoms with van der Waals surface area (Å²) >= 11 is 2.62. The number of rotatable bonds is 3. The van der Waals surface area contributed by atoms with Crippen molar-refractivity contribution in [2.75, 3.05) is 48.4 Å². The van der Waals surface area contributed by atoms with Gasteiger partial charge in [-0.15, -0.1) is 0 Å². The van der Waals surface area contributed by atoms with Crippen molar-refractivity contribution < 1.29 is 4.74 Å². The number of ether oxygens (including phenoxy) is 1. The lowest BCUT2D eigenvalue weighted by Gasteiger charge is -2.33. The second kappa shape index (κ2) is 9.00. The molecule has 4 nitrogen and oxygen atoms in total. The summed E-state index contributed by atoms with van der Waals surface area (Å²) in [6.07, 6.45) is 10.4. The summed E-state index contributed by atoms with van der Waals surface area (Å²) in [5, 5.41) is 7.69. The van der Waals surface area contributed by atoms with Crippen LogP contribution in [0, 0.1) is 0 Å². The van der Waals surface area contributed by atoms with E-state index in [-0.39, 0.29) is 0 Å². The number of alkyl halides is 1. The van der Waals surface area contributed by atoms with E-state index in [9.17, 15) is 0 Å². The Balaban J connectivity index is 1.61. The van der Waals surface area contributed by atoms with E-state index in [0.717, 1.165) is 36.8 Å². The van der Waals surface area contributed by atoms with Gasteiger partial charge in [-0.3, -0.25) is 0 Å². The number of halogens is 1. The van der Waals surface area contributed by atoms with Crippen LogP contribution in [0.25, 0.3) is 0 Å². The van der Waals surface area contributed by atoms with Crippen molar-refractivity contribution in [3.05, 3.63) is 17.7 Å². The molecule has 2 N–H and O–H groups in total. The number of hydrogen-bond acceptors (Lipinski definition) is 4. The molecule has 2 fully saturated rings. The van der Waals surface area contributed by atoms with Gasteiger partial charge in [-0.1, -0.05) is 29.0 Å². The van der Waals surface area contributed by atoms with E-state index in [1.807, 2.05) is 0 Å². The molecule has 1 aliphatic carbocycles. The monoisotopic (exact) mass is 469 g/mol. The van der Waals surface area contributed by atoms with Crippen LogP contribution in [0.5, 0.6) is 0 Å². The van der Waals surface area contributed by atoms with Crippen LogP contribution in [0.2, 0.25) is 0 Å². The summed E-state index contributed by atoms with van der Waals surface area (Å²) in [4.78, 5) is 2.48. The molecular formula is C21H32IN3O. The normalized spacial score (nSPS) is 27.0. The average Bonchev–Trinajstić information content (AvgIpc) is 2.65. The van der Waals surface area contributed by atoms with Crippen molar-refractivity contribution in [2.24, 2.45) is 0 Å². The third-order valence-corrected chi connectivity index (χ3v) is 7.29. The highest BCUT2D eigenvalue weighted by Gasteiger charge is 2.22. The molecule has 2 heterocycles. The summed E-state index contributed by atoms with van der Waals surface area (Å²) < 4.78 is 6.43. The average molecular weight is 469 g/mol. The molecule has 144 valence electrons. The fourth-order valence-electron chi connectivity index (χ4n) is 4.46. The minimum atomic E-state index is 0.635. The first-order valence-corrected chi connectivity index (χ1v) is 11.7. The van der Waals surface area contributed by atoms with Gasteiger partial charge in [0, 0.05) is 46.7 Å². The first kappa shape index (κ1) is 18.7. The highest BCUT2D eigenvalue weighted by molar-refractivity contribution is 14.1. The van der Waals surface area contributed by atoms with Crippen molar-refractivity contribution in [3.63, 3.8) is 0 Å². The van der Waals surface area contributed by atoms with E-state index in [4.69, 9.17) is 4.74 Å². The Morgan fingerprint density at radius 3 is 2.65 bits per heavy atom. The van der Waals surface area contributed by atoms with Gasteiger partial charge in [0.15, 0.2) is 0 Å². The van der Waals surface area contributed by atoms with Gasteiger partial charge < -0.3 is 20.3 Å². The zero-order chi connectivity index (χ0) is 17.8. The molecular weight excluding hydrogens is 437 g/mol. The Hall–Kier alpha value is -0.690. The maximum atomic E-state index is 5.56. The molecule has 2 aliphatic heterocycles. The Bertz CT molecular complexity index is 595. The second-order valence-electron chi connectivity index (χ2n) is 7.95. The molecule has 0 spiro atoms. The van der Waals surface area contributed by atoms with Crippen LogP contribution >= 0.6 is 22.6 Å². The Labute approximate surface area is 171 Å². The third-order valence-electron chi connectivity index (χ3n) is 6.05. The molecule has 1 saturated carbocycles. The van der Waals surface area contributed by atoms with E-state index in [1.54, 1.807) is 0 Å². The summed E-state index contributed by atoms with van der Waals surface area (Å²) in [5.74, 6) is 0. The van der Waals surface area contributed by atoms with Crippen LogP contribution in [0.3, 0.4) is 0 Å². The van der Waals surface area contributed by atoms with Crippen LogP contribution in [-0.4, -0.2) is 42.8 Å². The maximum absolute atomic E-state index is 5.56. The Morgan fingerprint density at radius 2 is 1.85 bits per heavy atom. The number of benzene rings is 1. The molecule has 0 unspecified atom stereocenters. The van der Waals surface area contributed by atoms with E-state index in [2.05, 4.69) is 50.3 Å². The molecule has 3 aliphatic rings. The second-order valence-corrected chi connectivity index (χ2v) is 9.71. The van der Waals surface area contributed by atoms with Gasteiger partial charge in [-0.05, 0) is 62.6 Å². The standard InChI is InChI=1S/C21H32IN3O/c22-16-5-7-17(8-6-16)24-21-15-18(25-10-12-26-13-11-25)14-20-19(21)4-2-1-3-9-23-20/h14-17,23-24H,1-13H2/t16-,17+. The molecule has 26 heavy (non-hydrogen) atoms. The van der Waals surface area contributed by atoms with Crippen LogP contribution in [0.15, 0.2) is 12.1 Å². The first-order valence-electron chi connectivity index (χ1n) is 10.4. The lowest BCUT2D eigenvalue weighted by atomic mass is 9.93. The van der Waals surface area contributed by atoms with Gasteiger partial charge in [-0.25, -0.2) is 0 Å². The van der Waals surface area contributed by atoms with Gasteiger partial charge in [0.2, 0.25) is 0 Å². The fourth-order valence-corrected chi connectivity index (χ4v) is 5.18. The molecule has 0 radical (unpaired) electrons. The number of hydrogen-bond donors (Lipinski definition) is 2. The molecule has 1 saturated heterocycles. The smallest absolute Gasteiger partial charge is 0.0642 e. The van der Waals surface area contributed by atoms with E-state index in [0.29, 0.717) is 6.04 Å². The van der Waals surface area contributed by atoms with E-state index < -0.39 is 0 Å². The Morgan fingerprint density at radius 1 is 1.04 bits per heavy atom. The van der Waals surface area contributed by atoms with Crippen molar-refractivity contribution in [3.8, 4) is 0 Å². The molecule has 0 bridgehead atoms. The molecule has 4 rings (SSSR count). The Kier molecular flexibility index (Phi) is 6.46. The molecule has 5 heteroatoms. The zero-order valence-corrected chi connectivity index (χ0v) is 17.9. The van der Waals surface area contributed by atoms with Gasteiger partial charge in [0.1, 0.15) is 0 Å². The number of nitrogens with one attached hydrogen (secondary N) is 2. The molecule has 0 aromatic heterocycles. The molecule has 1 aromatic carbocycles. The van der Waals surface area contributed by atoms with Crippen LogP contribution in [-0.2, 0) is 11.2 Å².